The van der Waals surface area contributed by atoms with Crippen molar-refractivity contribution in [3.05, 3.63) is 35.4 Å². The number of amides is 1. The van der Waals surface area contributed by atoms with E-state index in [4.69, 9.17) is 0 Å². The first-order valence-electron chi connectivity index (χ1n) is 7.30. The van der Waals surface area contributed by atoms with E-state index in [1.165, 1.54) is 5.56 Å². The zero-order valence-electron chi connectivity index (χ0n) is 12.0. The van der Waals surface area contributed by atoms with E-state index < -0.39 is 0 Å². The van der Waals surface area contributed by atoms with Crippen LogP contribution in [0.15, 0.2) is 24.3 Å². The lowest BCUT2D eigenvalue weighted by Crippen LogP contribution is -2.37. The second-order valence-electron chi connectivity index (χ2n) is 5.42. The van der Waals surface area contributed by atoms with Gasteiger partial charge < -0.3 is 10.2 Å². The van der Waals surface area contributed by atoms with Gasteiger partial charge in [0.2, 0.25) is 0 Å². The molecule has 0 saturated carbocycles. The van der Waals surface area contributed by atoms with Crippen LogP contribution in [0.3, 0.4) is 0 Å². The Morgan fingerprint density at radius 3 is 2.95 bits per heavy atom. The molecule has 3 nitrogen and oxygen atoms in total. The van der Waals surface area contributed by atoms with Gasteiger partial charge in [0.25, 0.3) is 5.91 Å². The highest BCUT2D eigenvalue weighted by atomic mass is 16.2. The highest BCUT2D eigenvalue weighted by molar-refractivity contribution is 5.96. The predicted molar refractivity (Wildman–Crippen MR) is 78.4 cm³/mol. The van der Waals surface area contributed by atoms with Crippen molar-refractivity contribution in [2.24, 2.45) is 5.92 Å². The molecule has 19 heavy (non-hydrogen) atoms. The Labute approximate surface area is 116 Å². The van der Waals surface area contributed by atoms with Crippen molar-refractivity contribution in [3.63, 3.8) is 0 Å². The molecule has 0 spiro atoms. The average molecular weight is 260 g/mol. The van der Waals surface area contributed by atoms with E-state index in [-0.39, 0.29) is 5.91 Å². The molecule has 0 fully saturated rings. The molecule has 1 amide bonds. The lowest BCUT2D eigenvalue weighted by atomic mass is 10.0. The number of carbonyl (C=O) groups is 1. The molecule has 1 aromatic carbocycles. The molecule has 1 aliphatic rings. The maximum atomic E-state index is 12.6. The predicted octanol–water partition coefficient (Wildman–Crippen LogP) is 2.32. The van der Waals surface area contributed by atoms with Gasteiger partial charge in [-0.1, -0.05) is 32.0 Å². The molecule has 1 heterocycles. The Balaban J connectivity index is 2.05. The van der Waals surface area contributed by atoms with E-state index in [0.717, 1.165) is 44.6 Å². The molecule has 0 aliphatic carbocycles. The highest BCUT2D eigenvalue weighted by Gasteiger charge is 2.22. The molecule has 1 unspecified atom stereocenters. The minimum atomic E-state index is 0.205. The van der Waals surface area contributed by atoms with Gasteiger partial charge in [0.1, 0.15) is 0 Å². The van der Waals surface area contributed by atoms with E-state index in [1.807, 2.05) is 23.1 Å². The Kier molecular flexibility index (Phi) is 4.97. The van der Waals surface area contributed by atoms with Crippen LogP contribution in [-0.2, 0) is 6.42 Å². The summed E-state index contributed by atoms with van der Waals surface area (Å²) in [5, 5.41) is 3.35. The first-order chi connectivity index (χ1) is 9.22. The number of nitrogens with zero attached hydrogens (tertiary/aromatic N) is 1. The third-order valence-electron chi connectivity index (χ3n) is 3.68. The van der Waals surface area contributed by atoms with Crippen LogP contribution in [0.5, 0.6) is 0 Å². The summed E-state index contributed by atoms with van der Waals surface area (Å²) >= 11 is 0. The molecule has 3 heteroatoms. The smallest absolute Gasteiger partial charge is 0.254 e. The standard InChI is InChI=1S/C16H24N2O/c1-3-17-11-13(2)12-18-10-6-8-14-7-4-5-9-15(14)16(18)19/h4-5,7,9,13,17H,3,6,8,10-12H2,1-2H3. The Hall–Kier alpha value is -1.35. The van der Waals surface area contributed by atoms with Gasteiger partial charge in [0.05, 0.1) is 0 Å². The first-order valence-corrected chi connectivity index (χ1v) is 7.30. The van der Waals surface area contributed by atoms with Crippen molar-refractivity contribution >= 4 is 5.91 Å². The van der Waals surface area contributed by atoms with Gasteiger partial charge in [0, 0.05) is 18.7 Å². The van der Waals surface area contributed by atoms with Crippen molar-refractivity contribution in [2.75, 3.05) is 26.2 Å². The third-order valence-corrected chi connectivity index (χ3v) is 3.68. The normalized spacial score (nSPS) is 16.9. The molecule has 0 bridgehead atoms. The fourth-order valence-corrected chi connectivity index (χ4v) is 2.68. The summed E-state index contributed by atoms with van der Waals surface area (Å²) in [5.74, 6) is 0.700. The molecule has 1 N–H and O–H groups in total. The van der Waals surface area contributed by atoms with Crippen molar-refractivity contribution < 1.29 is 4.79 Å². The number of aryl methyl sites for hydroxylation is 1. The summed E-state index contributed by atoms with van der Waals surface area (Å²) in [5.41, 5.74) is 2.10. The number of hydrogen-bond acceptors (Lipinski definition) is 2. The number of carbonyl (C=O) groups excluding carboxylic acids is 1. The summed E-state index contributed by atoms with van der Waals surface area (Å²) in [6.07, 6.45) is 2.08. The topological polar surface area (TPSA) is 32.3 Å². The second-order valence-corrected chi connectivity index (χ2v) is 5.42. The van der Waals surface area contributed by atoms with Crippen LogP contribution in [0, 0.1) is 5.92 Å². The second kappa shape index (κ2) is 6.71. The van der Waals surface area contributed by atoms with Crippen LogP contribution >= 0.6 is 0 Å². The fourth-order valence-electron chi connectivity index (χ4n) is 2.68. The summed E-state index contributed by atoms with van der Waals surface area (Å²) in [6, 6.07) is 8.03. The van der Waals surface area contributed by atoms with E-state index in [9.17, 15) is 4.79 Å². The van der Waals surface area contributed by atoms with Crippen LogP contribution in [-0.4, -0.2) is 37.0 Å². The molecule has 0 aromatic heterocycles. The molecular formula is C16H24N2O. The van der Waals surface area contributed by atoms with E-state index in [1.54, 1.807) is 0 Å². The number of hydrogen-bond donors (Lipinski definition) is 1. The Bertz CT molecular complexity index is 431. The van der Waals surface area contributed by atoms with Crippen molar-refractivity contribution in [1.29, 1.82) is 0 Å². The van der Waals surface area contributed by atoms with Crippen LogP contribution in [0.1, 0.15) is 36.2 Å². The zero-order chi connectivity index (χ0) is 13.7. The Morgan fingerprint density at radius 1 is 1.37 bits per heavy atom. The summed E-state index contributed by atoms with van der Waals surface area (Å²) in [6.45, 7) is 8.00. The van der Waals surface area contributed by atoms with E-state index >= 15 is 0 Å². The van der Waals surface area contributed by atoms with Crippen LogP contribution in [0.4, 0.5) is 0 Å². The summed E-state index contributed by atoms with van der Waals surface area (Å²) < 4.78 is 0. The summed E-state index contributed by atoms with van der Waals surface area (Å²) in [7, 11) is 0. The van der Waals surface area contributed by atoms with Gasteiger partial charge in [0.15, 0.2) is 0 Å². The largest absolute Gasteiger partial charge is 0.338 e. The monoisotopic (exact) mass is 260 g/mol. The number of nitrogens with one attached hydrogen (secondary N) is 1. The number of fused-ring (bicyclic) bond motifs is 1. The van der Waals surface area contributed by atoms with Gasteiger partial charge in [-0.25, -0.2) is 0 Å². The average Bonchev–Trinajstić information content (AvgIpc) is 2.58. The first kappa shape index (κ1) is 14.1. The maximum Gasteiger partial charge on any atom is 0.254 e. The van der Waals surface area contributed by atoms with Crippen LogP contribution < -0.4 is 5.32 Å². The van der Waals surface area contributed by atoms with Gasteiger partial charge >= 0.3 is 0 Å². The summed E-state index contributed by atoms with van der Waals surface area (Å²) in [4.78, 5) is 14.6. The van der Waals surface area contributed by atoms with Crippen LogP contribution in [0.25, 0.3) is 0 Å². The van der Waals surface area contributed by atoms with E-state index in [0.29, 0.717) is 5.92 Å². The fraction of sp³-hybridized carbons (Fsp3) is 0.562. The van der Waals surface area contributed by atoms with Crippen molar-refractivity contribution in [2.45, 2.75) is 26.7 Å². The SMILES string of the molecule is CCNCC(C)CN1CCCc2ccccc2C1=O. The lowest BCUT2D eigenvalue weighted by molar-refractivity contribution is 0.0737. The minimum Gasteiger partial charge on any atom is -0.338 e. The van der Waals surface area contributed by atoms with Crippen molar-refractivity contribution in [3.8, 4) is 0 Å². The molecule has 1 atom stereocenters. The lowest BCUT2D eigenvalue weighted by Gasteiger charge is -2.25. The van der Waals surface area contributed by atoms with Gasteiger partial charge in [-0.3, -0.25) is 4.79 Å². The van der Waals surface area contributed by atoms with Gasteiger partial charge in [-0.05, 0) is 43.5 Å². The maximum absolute atomic E-state index is 12.6. The van der Waals surface area contributed by atoms with Crippen LogP contribution in [0.2, 0.25) is 0 Å². The third kappa shape index (κ3) is 3.57. The quantitative estimate of drug-likeness (QED) is 0.881. The van der Waals surface area contributed by atoms with Crippen molar-refractivity contribution in [1.82, 2.24) is 10.2 Å². The number of benzene rings is 1. The molecular weight excluding hydrogens is 236 g/mol. The van der Waals surface area contributed by atoms with Gasteiger partial charge in [-0.2, -0.15) is 0 Å². The molecule has 104 valence electrons. The Morgan fingerprint density at radius 2 is 2.16 bits per heavy atom. The molecule has 0 radical (unpaired) electrons. The van der Waals surface area contributed by atoms with E-state index in [2.05, 4.69) is 25.2 Å². The molecule has 1 aliphatic heterocycles. The zero-order valence-corrected chi connectivity index (χ0v) is 12.0. The van der Waals surface area contributed by atoms with Gasteiger partial charge in [-0.15, -0.1) is 0 Å². The molecule has 0 saturated heterocycles. The highest BCUT2D eigenvalue weighted by Crippen LogP contribution is 2.19. The molecule has 2 rings (SSSR count). The minimum absolute atomic E-state index is 0.205. The molecule has 1 aromatic rings. The number of rotatable bonds is 5.